The second-order valence-corrected chi connectivity index (χ2v) is 22.9. The van der Waals surface area contributed by atoms with E-state index >= 15 is 0 Å². The van der Waals surface area contributed by atoms with Crippen LogP contribution in [0, 0.1) is 17.9 Å². The Balaban J connectivity index is 1.04. The molecule has 0 saturated heterocycles. The smallest absolute Gasteiger partial charge is 0.252 e. The first-order valence-corrected chi connectivity index (χ1v) is 30.2. The van der Waals surface area contributed by atoms with Crippen molar-refractivity contribution in [1.82, 2.24) is 9.13 Å². The normalized spacial score (nSPS) is 14.6. The van der Waals surface area contributed by atoms with Crippen molar-refractivity contribution in [1.29, 1.82) is 5.26 Å². The zero-order chi connectivity index (χ0) is 75.6. The number of para-hydroxylation sites is 4. The van der Waals surface area contributed by atoms with Crippen LogP contribution in [0.5, 0.6) is 0 Å². The third kappa shape index (κ3) is 8.42. The summed E-state index contributed by atoms with van der Waals surface area (Å²) in [6.45, 7) is 8.19. The molecule has 0 radical (unpaired) electrons. The van der Waals surface area contributed by atoms with Gasteiger partial charge in [0.25, 0.3) is 6.71 Å². The Morgan fingerprint density at radius 2 is 0.677 bits per heavy atom. The molecule has 0 aliphatic carbocycles. The van der Waals surface area contributed by atoms with E-state index < -0.39 is 103 Å². The van der Waals surface area contributed by atoms with Gasteiger partial charge in [-0.05, 0) is 146 Å². The standard InChI is InChI=1S/C86H53BN6/c1-89-86-72(59-31-13-5-14-32-59)51-65(52-73(86)60-33-15-6-16-34-60)93-82-54-63(91-79-41-23-19-37-68(79)69-38-20-24-42-80(69)91)44-46-76(82)87-75-45-43-62(90-77-39-21-17-35-66(77)67-36-18-22-40-78(67)90)53-81(75)92(83-47-61(48-84(93)85(83)87)56-25-7-2-8-26-56)64-49-70(57-27-9-3-10-28-57)74(55-88)71(50-64)58-29-11-4-12-30-58/h2-54H/i17D,18D,19D,20D,21D,22D,23D,24D,35D,36D,37D,38D,39D,40D,41D,42D. The van der Waals surface area contributed by atoms with Crippen molar-refractivity contribution in [2.24, 2.45) is 0 Å². The molecule has 0 amide bonds. The number of fused-ring (bicyclic) bond motifs is 10. The maximum Gasteiger partial charge on any atom is 0.252 e. The highest BCUT2D eigenvalue weighted by Crippen LogP contribution is 2.52. The van der Waals surface area contributed by atoms with Crippen LogP contribution in [-0.2, 0) is 0 Å². The lowest BCUT2D eigenvalue weighted by molar-refractivity contribution is 1.17. The largest absolute Gasteiger partial charge is 0.311 e. The molecule has 2 aromatic heterocycles. The van der Waals surface area contributed by atoms with Gasteiger partial charge in [-0.25, -0.2) is 4.85 Å². The summed E-state index contributed by atoms with van der Waals surface area (Å²) >= 11 is 0. The molecule has 93 heavy (non-hydrogen) atoms. The fourth-order valence-electron chi connectivity index (χ4n) is 14.1. The third-order valence-electron chi connectivity index (χ3n) is 18.0. The van der Waals surface area contributed by atoms with Crippen molar-refractivity contribution in [2.75, 3.05) is 9.80 Å². The van der Waals surface area contributed by atoms with Crippen LogP contribution in [0.3, 0.4) is 0 Å². The summed E-state index contributed by atoms with van der Waals surface area (Å²) < 4.78 is 152. The van der Waals surface area contributed by atoms with Gasteiger partial charge < -0.3 is 18.9 Å². The van der Waals surface area contributed by atoms with Crippen LogP contribution in [0.4, 0.5) is 39.8 Å². The first-order chi connectivity index (χ1) is 52.7. The lowest BCUT2D eigenvalue weighted by atomic mass is 9.33. The van der Waals surface area contributed by atoms with E-state index in [1.165, 1.54) is 9.13 Å². The Hall–Kier alpha value is -12.7. The molecule has 0 bridgehead atoms. The van der Waals surface area contributed by atoms with Crippen LogP contribution in [0.1, 0.15) is 27.5 Å². The van der Waals surface area contributed by atoms with Gasteiger partial charge in [0, 0.05) is 78.2 Å². The summed E-state index contributed by atoms with van der Waals surface area (Å²) in [4.78, 5) is 8.53. The average Bonchev–Trinajstić information content (AvgIpc) is 1.40. The molecule has 2 aliphatic rings. The van der Waals surface area contributed by atoms with Crippen molar-refractivity contribution in [3.8, 4) is 73.1 Å². The van der Waals surface area contributed by atoms with Crippen molar-refractivity contribution >= 4 is 107 Å². The van der Waals surface area contributed by atoms with Gasteiger partial charge in [0.05, 0.1) is 56.1 Å². The van der Waals surface area contributed by atoms with Crippen LogP contribution >= 0.6 is 0 Å². The van der Waals surface area contributed by atoms with Gasteiger partial charge in [0.2, 0.25) is 5.69 Å². The molecular weight excluding hydrogens is 1130 g/mol. The highest BCUT2D eigenvalue weighted by molar-refractivity contribution is 7.00. The van der Waals surface area contributed by atoms with E-state index in [4.69, 9.17) is 17.5 Å². The molecule has 0 spiro atoms. The molecule has 0 atom stereocenters. The van der Waals surface area contributed by atoms with Crippen LogP contribution in [0.2, 0.25) is 0 Å². The van der Waals surface area contributed by atoms with Crippen LogP contribution in [0.25, 0.3) is 115 Å². The van der Waals surface area contributed by atoms with Gasteiger partial charge in [0.15, 0.2) is 0 Å². The van der Waals surface area contributed by atoms with Crippen LogP contribution < -0.4 is 26.2 Å². The molecule has 0 fully saturated rings. The highest BCUT2D eigenvalue weighted by Gasteiger charge is 2.45. The maximum atomic E-state index is 11.5. The molecule has 4 heterocycles. The van der Waals surface area contributed by atoms with E-state index in [1.54, 1.807) is 12.1 Å². The Morgan fingerprint density at radius 3 is 1.03 bits per heavy atom. The number of nitrogens with zero attached hydrogens (tertiary/aromatic N) is 6. The average molecular weight is 1200 g/mol. The van der Waals surface area contributed by atoms with E-state index in [9.17, 15) is 16.2 Å². The third-order valence-corrected chi connectivity index (χ3v) is 18.0. The van der Waals surface area contributed by atoms with Crippen LogP contribution in [-0.4, -0.2) is 15.8 Å². The number of hydrogen-bond acceptors (Lipinski definition) is 3. The zero-order valence-electron chi connectivity index (χ0n) is 65.1. The summed E-state index contributed by atoms with van der Waals surface area (Å²) in [5, 5.41) is 11.1. The van der Waals surface area contributed by atoms with Crippen LogP contribution in [0.15, 0.2) is 321 Å². The number of aromatic nitrogens is 2. The number of hydrogen-bond donors (Lipinski definition) is 0. The zero-order valence-corrected chi connectivity index (χ0v) is 49.1. The topological polar surface area (TPSA) is 44.5 Å². The number of rotatable bonds is 9. The molecule has 430 valence electrons. The summed E-state index contributed by atoms with van der Waals surface area (Å²) in [5.41, 5.74) is 13.0. The summed E-state index contributed by atoms with van der Waals surface area (Å²) in [6.07, 6.45) is 0. The van der Waals surface area contributed by atoms with Crippen molar-refractivity contribution in [3.63, 3.8) is 0 Å². The van der Waals surface area contributed by atoms with Gasteiger partial charge in [-0.15, -0.1) is 0 Å². The molecule has 0 N–H and O–H groups in total. The molecule has 7 heteroatoms. The fourth-order valence-corrected chi connectivity index (χ4v) is 14.1. The molecule has 14 aromatic carbocycles. The highest BCUT2D eigenvalue weighted by atomic mass is 15.2. The number of anilines is 6. The van der Waals surface area contributed by atoms with Gasteiger partial charge in [-0.1, -0.05) is 236 Å². The van der Waals surface area contributed by atoms with E-state index in [0.717, 1.165) is 33.3 Å². The Bertz CT molecular complexity index is 6130. The lowest BCUT2D eigenvalue weighted by Crippen LogP contribution is -2.61. The van der Waals surface area contributed by atoms with Gasteiger partial charge >= 0.3 is 0 Å². The molecule has 2 aliphatic heterocycles. The van der Waals surface area contributed by atoms with Gasteiger partial charge in [-0.3, -0.25) is 0 Å². The maximum absolute atomic E-state index is 11.5. The van der Waals surface area contributed by atoms with E-state index in [0.29, 0.717) is 84.1 Å². The molecule has 0 saturated carbocycles. The molecular formula is C86H53BN6. The monoisotopic (exact) mass is 1200 g/mol. The Labute approximate surface area is 561 Å². The molecule has 16 aromatic rings. The first-order valence-electron chi connectivity index (χ1n) is 38.2. The number of nitriles is 1. The number of benzene rings is 14. The minimum atomic E-state index is -0.818. The van der Waals surface area contributed by atoms with Gasteiger partial charge in [-0.2, -0.15) is 5.26 Å². The molecule has 6 nitrogen and oxygen atoms in total. The molecule has 18 rings (SSSR count). The minimum absolute atomic E-state index is 0.0957. The first kappa shape index (κ1) is 39.4. The van der Waals surface area contributed by atoms with E-state index in [2.05, 4.69) is 32.8 Å². The second-order valence-electron chi connectivity index (χ2n) is 22.9. The summed E-state index contributed by atoms with van der Waals surface area (Å²) in [5.74, 6) is 0. The summed E-state index contributed by atoms with van der Waals surface area (Å²) in [6, 6.07) is 65.3. The Kier molecular flexibility index (Phi) is 9.11. The van der Waals surface area contributed by atoms with Crippen molar-refractivity contribution in [3.05, 3.63) is 338 Å². The SMILES string of the molecule is [2H]c1c([2H])c([2H])c2c(c1[2H])c1c([2H])c([2H])c([2H])c([2H])c1n2-c1ccc2c(c1)N(c1cc(-c3ccccc3)c(C#N)c(-c3ccccc3)c1)c1cc(-c3ccccc3)cc3c1B2c1ccc(-n2c4c([2H])c([2H])c([2H])c([2H])c4c4c([2H])c([2H])c([2H])c([2H])c42)cc1N3c1cc(-c2ccccc2)c([N+]#[C-])c(-c2ccccc2)c1. The predicted molar refractivity (Wildman–Crippen MR) is 387 cm³/mol. The second kappa shape index (κ2) is 21.5. The van der Waals surface area contributed by atoms with Crippen molar-refractivity contribution in [2.45, 2.75) is 0 Å². The summed E-state index contributed by atoms with van der Waals surface area (Å²) in [7, 11) is 0. The lowest BCUT2D eigenvalue weighted by Gasteiger charge is -2.45. The Morgan fingerprint density at radius 1 is 0.344 bits per heavy atom. The van der Waals surface area contributed by atoms with Crippen molar-refractivity contribution < 1.29 is 21.9 Å². The van der Waals surface area contributed by atoms with E-state index in [-0.39, 0.29) is 55.0 Å². The quantitative estimate of drug-likeness (QED) is 0.107. The fraction of sp³-hybridized carbons (Fsp3) is 0. The minimum Gasteiger partial charge on any atom is -0.311 e. The van der Waals surface area contributed by atoms with E-state index in [1.807, 2.05) is 200 Å². The molecule has 0 unspecified atom stereocenters. The predicted octanol–water partition coefficient (Wildman–Crippen LogP) is 20.7. The van der Waals surface area contributed by atoms with Gasteiger partial charge in [0.1, 0.15) is 6.07 Å².